The zero-order chi connectivity index (χ0) is 42.8. The van der Waals surface area contributed by atoms with Gasteiger partial charge >= 0.3 is 0 Å². The highest BCUT2D eigenvalue weighted by atomic mass is 35.5. The summed E-state index contributed by atoms with van der Waals surface area (Å²) >= 11 is 6.52. The molecule has 0 saturated heterocycles. The Hall–Kier alpha value is -4.38. The van der Waals surface area contributed by atoms with Gasteiger partial charge in [-0.15, -0.1) is 0 Å². The van der Waals surface area contributed by atoms with Crippen LogP contribution in [0.3, 0.4) is 0 Å². The first-order valence-electron chi connectivity index (χ1n) is 21.1. The molecule has 3 aromatic carbocycles. The van der Waals surface area contributed by atoms with E-state index in [-0.39, 0.29) is 65.5 Å². The van der Waals surface area contributed by atoms with Gasteiger partial charge in [0, 0.05) is 57.0 Å². The topological polar surface area (TPSA) is 115 Å². The van der Waals surface area contributed by atoms with Crippen LogP contribution >= 0.6 is 11.6 Å². The normalized spacial score (nSPS) is 32.3. The number of methoxy groups -OCH3 is 4. The summed E-state index contributed by atoms with van der Waals surface area (Å²) in [6.45, 7) is 4.70. The zero-order valence-corrected chi connectivity index (χ0v) is 36.2. The van der Waals surface area contributed by atoms with Crippen LogP contribution in [0.2, 0.25) is 5.02 Å². The van der Waals surface area contributed by atoms with Gasteiger partial charge in [0.2, 0.25) is 5.91 Å². The van der Waals surface area contributed by atoms with Gasteiger partial charge in [-0.05, 0) is 104 Å². The second-order valence-corrected chi connectivity index (χ2v) is 18.8. The van der Waals surface area contributed by atoms with E-state index in [0.29, 0.717) is 60.7 Å². The van der Waals surface area contributed by atoms with Crippen LogP contribution in [0.5, 0.6) is 23.0 Å². The fourth-order valence-corrected chi connectivity index (χ4v) is 12.9. The number of carbonyl (C=O) groups is 2. The maximum absolute atomic E-state index is 15.3. The summed E-state index contributed by atoms with van der Waals surface area (Å²) in [6.07, 6.45) is 10.4. The molecule has 6 aliphatic carbocycles. The molecule has 1 unspecified atom stereocenters. The highest BCUT2D eigenvalue weighted by molar-refractivity contribution is 6.31. The number of Topliss-reactive ketones (excluding diaryl/α,β-unsaturated/α-hetero) is 1. The minimum Gasteiger partial charge on any atom is -0.497 e. The maximum atomic E-state index is 15.3. The lowest BCUT2D eigenvalue weighted by Gasteiger charge is -2.71. The van der Waals surface area contributed by atoms with Crippen molar-refractivity contribution in [2.24, 2.45) is 33.5 Å². The molecule has 320 valence electrons. The lowest BCUT2D eigenvalue weighted by molar-refractivity contribution is -0.181. The molecule has 0 radical (unpaired) electrons. The monoisotopic (exact) mass is 841 g/mol. The number of carbonyl (C=O) groups excluding carboxylic acids is 2. The third kappa shape index (κ3) is 6.46. The fraction of sp³-hybridized carbons (Fsp3) is 0.510. The summed E-state index contributed by atoms with van der Waals surface area (Å²) in [5, 5.41) is 24.6. The number of fused-ring (bicyclic) bond motifs is 1. The van der Waals surface area contributed by atoms with E-state index in [0.717, 1.165) is 24.0 Å². The van der Waals surface area contributed by atoms with E-state index >= 15 is 4.39 Å². The molecule has 11 heteroatoms. The van der Waals surface area contributed by atoms with Gasteiger partial charge in [0.15, 0.2) is 17.3 Å². The van der Waals surface area contributed by atoms with Crippen LogP contribution in [0.1, 0.15) is 75.5 Å². The van der Waals surface area contributed by atoms with Crippen molar-refractivity contribution in [2.45, 2.75) is 89.9 Å². The van der Waals surface area contributed by atoms with Crippen LogP contribution in [-0.4, -0.2) is 73.5 Å². The van der Waals surface area contributed by atoms with E-state index in [9.17, 15) is 19.8 Å². The van der Waals surface area contributed by atoms with E-state index in [1.165, 1.54) is 12.1 Å². The van der Waals surface area contributed by atoms with E-state index in [1.54, 1.807) is 57.6 Å². The van der Waals surface area contributed by atoms with Gasteiger partial charge in [0.05, 0.1) is 53.1 Å². The third-order valence-corrected chi connectivity index (χ3v) is 16.2. The smallest absolute Gasteiger partial charge is 0.227 e. The Labute approximate surface area is 357 Å². The van der Waals surface area contributed by atoms with Crippen molar-refractivity contribution in [3.8, 4) is 23.0 Å². The minimum atomic E-state index is -1.34. The Morgan fingerprint density at radius 3 is 2.27 bits per heavy atom. The number of hydrogen-bond donors (Lipinski definition) is 2. The number of allylic oxidation sites excluding steroid dienone is 4. The number of ketones is 1. The van der Waals surface area contributed by atoms with Crippen LogP contribution in [0.25, 0.3) is 0 Å². The fourth-order valence-electron chi connectivity index (χ4n) is 12.6. The van der Waals surface area contributed by atoms with Crippen molar-refractivity contribution in [3.63, 3.8) is 0 Å². The first-order chi connectivity index (χ1) is 28.6. The van der Waals surface area contributed by atoms with Crippen molar-refractivity contribution in [3.05, 3.63) is 106 Å². The standard InChI is InChI=1S/C49H57ClFNO8/c1-45-17-14-32(53)26-47(45)20-21-49(35(27-47)38(54)25-34-36(50)8-7-9-37(34)51)42(45)15-18-46(2)43(49)16-19-48(46,56)29-52(28-31-11-12-33(57-3)24-40(31)59-5)44(55)23-30-10-13-39(58-4)41(22-30)60-6/h7-13,20-22,24,27,32,42-43,53,56H,14-19,23,25-26,28-29H2,1-6H3/t32?,42-,43-,45-,46+,47+,48-,49-/m1/s1. The molecule has 0 aliphatic heterocycles. The Morgan fingerprint density at radius 2 is 1.55 bits per heavy atom. The molecular weight excluding hydrogens is 785 g/mol. The number of nitrogens with zero attached hydrogens (tertiary/aromatic N) is 1. The second-order valence-electron chi connectivity index (χ2n) is 18.4. The third-order valence-electron chi connectivity index (χ3n) is 15.9. The molecule has 0 heterocycles. The number of amides is 1. The molecule has 3 saturated carbocycles. The highest BCUT2D eigenvalue weighted by Gasteiger charge is 2.74. The van der Waals surface area contributed by atoms with Crippen molar-refractivity contribution >= 4 is 23.3 Å². The summed E-state index contributed by atoms with van der Waals surface area (Å²) in [4.78, 5) is 31.3. The molecule has 9 rings (SSSR count). The van der Waals surface area contributed by atoms with Crippen molar-refractivity contribution in [1.29, 1.82) is 0 Å². The summed E-state index contributed by atoms with van der Waals surface area (Å²) < 4.78 is 37.6. The predicted molar refractivity (Wildman–Crippen MR) is 227 cm³/mol. The molecule has 3 fully saturated rings. The highest BCUT2D eigenvalue weighted by Crippen LogP contribution is 2.78. The molecule has 9 nitrogen and oxygen atoms in total. The lowest BCUT2D eigenvalue weighted by Crippen LogP contribution is -2.67. The molecule has 0 aromatic heterocycles. The SMILES string of the molecule is COc1ccc(CN(C[C@]2(O)CC[C@H]3[C@]45C=C[C@@]6(C=C4C(=O)Cc4c(F)cccc4Cl)CC(O)CC[C@]6(C)[C@H]5CC[C@@]32C)C(=O)Cc2ccc(OC)c(OC)c2)c(OC)c1. The molecule has 3 aromatic rings. The number of halogens is 2. The van der Waals surface area contributed by atoms with Crippen LogP contribution in [0.4, 0.5) is 4.39 Å². The Kier molecular flexibility index (Phi) is 10.9. The molecule has 1 amide bonds. The van der Waals surface area contributed by atoms with Crippen molar-refractivity contribution < 1.29 is 43.1 Å². The predicted octanol–water partition coefficient (Wildman–Crippen LogP) is 8.49. The van der Waals surface area contributed by atoms with E-state index in [4.69, 9.17) is 30.5 Å². The second kappa shape index (κ2) is 15.5. The van der Waals surface area contributed by atoms with Gasteiger partial charge in [0.1, 0.15) is 17.3 Å². The first-order valence-corrected chi connectivity index (χ1v) is 21.5. The van der Waals surface area contributed by atoms with Crippen LogP contribution in [0.15, 0.2) is 78.4 Å². The minimum absolute atomic E-state index is 0.0503. The Bertz CT molecular complexity index is 2240. The molecule has 2 spiro atoms. The van der Waals surface area contributed by atoms with E-state index in [1.807, 2.05) is 18.2 Å². The van der Waals surface area contributed by atoms with Gasteiger partial charge in [0.25, 0.3) is 0 Å². The number of hydrogen-bond acceptors (Lipinski definition) is 8. The quantitative estimate of drug-likeness (QED) is 0.165. The summed E-state index contributed by atoms with van der Waals surface area (Å²) in [5.41, 5.74) is -1.27. The number of aliphatic hydroxyl groups excluding tert-OH is 1. The molecule has 2 bridgehead atoms. The summed E-state index contributed by atoms with van der Waals surface area (Å²) in [6, 6.07) is 15.4. The Balaban J connectivity index is 1.18. The number of benzene rings is 3. The van der Waals surface area contributed by atoms with Gasteiger partial charge in [-0.2, -0.15) is 0 Å². The number of rotatable bonds is 13. The molecule has 2 N–H and O–H groups in total. The largest absolute Gasteiger partial charge is 0.497 e. The van der Waals surface area contributed by atoms with Gasteiger partial charge in [-0.3, -0.25) is 9.59 Å². The maximum Gasteiger partial charge on any atom is 0.227 e. The van der Waals surface area contributed by atoms with Crippen LogP contribution in [0, 0.1) is 39.3 Å². The molecular formula is C49H57ClFNO8. The first kappa shape index (κ1) is 42.3. The van der Waals surface area contributed by atoms with Crippen LogP contribution < -0.4 is 18.9 Å². The van der Waals surface area contributed by atoms with Gasteiger partial charge in [-0.25, -0.2) is 4.39 Å². The van der Waals surface area contributed by atoms with Crippen molar-refractivity contribution in [2.75, 3.05) is 35.0 Å². The van der Waals surface area contributed by atoms with Gasteiger partial charge < -0.3 is 34.1 Å². The number of ether oxygens (including phenoxy) is 4. The molecule has 6 aliphatic rings. The number of aliphatic hydroxyl groups is 2. The van der Waals surface area contributed by atoms with Gasteiger partial charge in [-0.1, -0.05) is 55.8 Å². The zero-order valence-electron chi connectivity index (χ0n) is 35.5. The van der Waals surface area contributed by atoms with Crippen molar-refractivity contribution in [1.82, 2.24) is 4.90 Å². The average Bonchev–Trinajstić information content (AvgIpc) is 3.51. The van der Waals surface area contributed by atoms with Crippen LogP contribution in [-0.2, 0) is 29.0 Å². The Morgan fingerprint density at radius 1 is 0.833 bits per heavy atom. The van der Waals surface area contributed by atoms with E-state index < -0.39 is 33.8 Å². The average molecular weight is 842 g/mol. The van der Waals surface area contributed by atoms with E-state index in [2.05, 4.69) is 32.1 Å². The summed E-state index contributed by atoms with van der Waals surface area (Å²) in [5.74, 6) is 1.25. The molecule has 8 atom stereocenters. The molecule has 60 heavy (non-hydrogen) atoms. The summed E-state index contributed by atoms with van der Waals surface area (Å²) in [7, 11) is 6.29. The lowest BCUT2D eigenvalue weighted by atomic mass is 9.32.